The molecule has 0 rings (SSSR count). The van der Waals surface area contributed by atoms with Crippen molar-refractivity contribution in [2.75, 3.05) is 0 Å². The van der Waals surface area contributed by atoms with Crippen LogP contribution < -0.4 is 5.84 Å². The highest BCUT2D eigenvalue weighted by Gasteiger charge is 2.17. The molecule has 0 aromatic carbocycles. The highest BCUT2D eigenvalue weighted by molar-refractivity contribution is 5.84. The molecule has 0 unspecified atom stereocenters. The molecular weight excluding hydrogens is 162 g/mol. The maximum atomic E-state index is 5.07. The van der Waals surface area contributed by atoms with Crippen LogP contribution in [0.25, 0.3) is 0 Å². The van der Waals surface area contributed by atoms with Gasteiger partial charge in [0, 0.05) is 11.8 Å². The van der Waals surface area contributed by atoms with E-state index in [-0.39, 0.29) is 5.41 Å². The van der Waals surface area contributed by atoms with Gasteiger partial charge in [0.15, 0.2) is 0 Å². The van der Waals surface area contributed by atoms with Crippen molar-refractivity contribution in [3.05, 3.63) is 23.9 Å². The Morgan fingerprint density at radius 2 is 1.92 bits per heavy atom. The van der Waals surface area contributed by atoms with E-state index in [1.807, 2.05) is 0 Å². The molecule has 2 N–H and O–H groups in total. The molecule has 0 amide bonds. The molecule has 0 saturated carbocycles. The van der Waals surface area contributed by atoms with Crippen LogP contribution in [0.1, 0.15) is 20.8 Å². The summed E-state index contributed by atoms with van der Waals surface area (Å²) in [6.45, 7) is 13.5. The first-order valence-corrected chi connectivity index (χ1v) is 4.02. The Balaban J connectivity index is 4.88. The third kappa shape index (κ3) is 3.69. The van der Waals surface area contributed by atoms with Crippen molar-refractivity contribution >= 4 is 12.9 Å². The van der Waals surface area contributed by atoms with Crippen LogP contribution in [0.2, 0.25) is 0 Å². The van der Waals surface area contributed by atoms with Crippen LogP contribution in [-0.2, 0) is 0 Å². The third-order valence-electron chi connectivity index (χ3n) is 1.70. The maximum absolute atomic E-state index is 5.07. The predicted molar refractivity (Wildman–Crippen MR) is 58.9 cm³/mol. The number of hydrazone groups is 1. The number of nitrogens with two attached hydrogens (primary N) is 1. The standard InChI is InChI=1S/C10H17N3/c1-8(10(2,3)4)9(6-12-5)7-13-11/h6-7H,1,5,11H2,2-4H3/b9-6-,13-7-. The van der Waals surface area contributed by atoms with Crippen LogP contribution in [0.5, 0.6) is 0 Å². The first kappa shape index (κ1) is 11.6. The number of hydrogen-bond acceptors (Lipinski definition) is 3. The first-order chi connectivity index (χ1) is 5.93. The summed E-state index contributed by atoms with van der Waals surface area (Å²) in [5.41, 5.74) is 1.73. The second-order valence-electron chi connectivity index (χ2n) is 3.77. The van der Waals surface area contributed by atoms with Crippen molar-refractivity contribution in [3.8, 4) is 0 Å². The minimum Gasteiger partial charge on any atom is -0.323 e. The summed E-state index contributed by atoms with van der Waals surface area (Å²) in [5, 5.41) is 3.45. The Bertz CT molecular complexity index is 254. The quantitative estimate of drug-likeness (QED) is 0.307. The molecule has 0 spiro atoms. The number of rotatable bonds is 3. The van der Waals surface area contributed by atoms with Crippen molar-refractivity contribution in [3.63, 3.8) is 0 Å². The minimum atomic E-state index is -0.0162. The summed E-state index contributed by atoms with van der Waals surface area (Å²) in [7, 11) is 0. The van der Waals surface area contributed by atoms with Gasteiger partial charge in [-0.05, 0) is 17.7 Å². The summed E-state index contributed by atoms with van der Waals surface area (Å²) < 4.78 is 0. The zero-order valence-electron chi connectivity index (χ0n) is 8.54. The molecule has 3 heteroatoms. The molecule has 0 heterocycles. The van der Waals surface area contributed by atoms with Crippen LogP contribution in [0.3, 0.4) is 0 Å². The number of allylic oxidation sites excluding steroid dienone is 2. The maximum Gasteiger partial charge on any atom is 0.0556 e. The van der Waals surface area contributed by atoms with Crippen molar-refractivity contribution in [2.24, 2.45) is 21.4 Å². The third-order valence-corrected chi connectivity index (χ3v) is 1.70. The molecule has 0 aliphatic heterocycles. The van der Waals surface area contributed by atoms with Crippen LogP contribution >= 0.6 is 0 Å². The van der Waals surface area contributed by atoms with Gasteiger partial charge in [-0.2, -0.15) is 5.10 Å². The topological polar surface area (TPSA) is 50.7 Å². The van der Waals surface area contributed by atoms with E-state index >= 15 is 0 Å². The molecule has 72 valence electrons. The lowest BCUT2D eigenvalue weighted by atomic mass is 9.83. The second-order valence-corrected chi connectivity index (χ2v) is 3.77. The number of nitrogens with zero attached hydrogens (tertiary/aromatic N) is 2. The molecule has 0 aromatic heterocycles. The van der Waals surface area contributed by atoms with Gasteiger partial charge in [0.1, 0.15) is 0 Å². The van der Waals surface area contributed by atoms with Gasteiger partial charge in [-0.1, -0.05) is 27.4 Å². The van der Waals surface area contributed by atoms with E-state index in [0.29, 0.717) is 0 Å². The van der Waals surface area contributed by atoms with Crippen molar-refractivity contribution in [1.29, 1.82) is 0 Å². The summed E-state index contributed by atoms with van der Waals surface area (Å²) in [5.74, 6) is 5.07. The van der Waals surface area contributed by atoms with Gasteiger partial charge in [0.05, 0.1) is 6.21 Å². The van der Waals surface area contributed by atoms with E-state index in [1.54, 1.807) is 6.20 Å². The summed E-state index contributed by atoms with van der Waals surface area (Å²) in [4.78, 5) is 3.67. The molecule has 3 nitrogen and oxygen atoms in total. The van der Waals surface area contributed by atoms with Crippen molar-refractivity contribution in [1.82, 2.24) is 0 Å². The highest BCUT2D eigenvalue weighted by atomic mass is 15.1. The molecule has 0 fully saturated rings. The fourth-order valence-electron chi connectivity index (χ4n) is 0.801. The largest absolute Gasteiger partial charge is 0.323 e. The SMILES string of the molecule is C=N/C=C(/C=N\N)C(=C)C(C)(C)C. The van der Waals surface area contributed by atoms with E-state index in [4.69, 9.17) is 5.84 Å². The van der Waals surface area contributed by atoms with E-state index in [1.165, 1.54) is 6.21 Å². The lowest BCUT2D eigenvalue weighted by Gasteiger charge is -2.21. The van der Waals surface area contributed by atoms with Crippen molar-refractivity contribution < 1.29 is 0 Å². The summed E-state index contributed by atoms with van der Waals surface area (Å²) in [6.07, 6.45) is 3.13. The Hall–Kier alpha value is -1.38. The Kier molecular flexibility index (Phi) is 4.11. The fraction of sp³-hybridized carbons (Fsp3) is 0.400. The van der Waals surface area contributed by atoms with Crippen LogP contribution in [0, 0.1) is 5.41 Å². The molecule has 0 bridgehead atoms. The summed E-state index contributed by atoms with van der Waals surface area (Å²) >= 11 is 0. The Labute approximate surface area is 79.7 Å². The highest BCUT2D eigenvalue weighted by Crippen LogP contribution is 2.28. The van der Waals surface area contributed by atoms with E-state index in [2.05, 4.69) is 44.2 Å². The fourth-order valence-corrected chi connectivity index (χ4v) is 0.801. The van der Waals surface area contributed by atoms with Gasteiger partial charge >= 0.3 is 0 Å². The van der Waals surface area contributed by atoms with Gasteiger partial charge in [0.25, 0.3) is 0 Å². The van der Waals surface area contributed by atoms with Crippen molar-refractivity contribution in [2.45, 2.75) is 20.8 Å². The average Bonchev–Trinajstić information content (AvgIpc) is 2.01. The average molecular weight is 179 g/mol. The predicted octanol–water partition coefficient (Wildman–Crippen LogP) is 2.12. The van der Waals surface area contributed by atoms with Crippen LogP contribution in [0.4, 0.5) is 0 Å². The van der Waals surface area contributed by atoms with Crippen LogP contribution in [-0.4, -0.2) is 12.9 Å². The van der Waals surface area contributed by atoms with Crippen LogP contribution in [0.15, 0.2) is 34.0 Å². The van der Waals surface area contributed by atoms with Gasteiger partial charge in [-0.15, -0.1) is 0 Å². The zero-order valence-corrected chi connectivity index (χ0v) is 8.54. The lowest BCUT2D eigenvalue weighted by Crippen LogP contribution is -2.11. The first-order valence-electron chi connectivity index (χ1n) is 4.02. The molecule has 0 saturated heterocycles. The van der Waals surface area contributed by atoms with E-state index < -0.39 is 0 Å². The lowest BCUT2D eigenvalue weighted by molar-refractivity contribution is 0.516. The Morgan fingerprint density at radius 3 is 2.23 bits per heavy atom. The summed E-state index contributed by atoms with van der Waals surface area (Å²) in [6, 6.07) is 0. The van der Waals surface area contributed by atoms with Gasteiger partial charge < -0.3 is 5.84 Å². The molecule has 13 heavy (non-hydrogen) atoms. The van der Waals surface area contributed by atoms with Gasteiger partial charge in [-0.3, -0.25) is 4.99 Å². The molecule has 0 atom stereocenters. The zero-order chi connectivity index (χ0) is 10.5. The smallest absolute Gasteiger partial charge is 0.0556 e. The van der Waals surface area contributed by atoms with Gasteiger partial charge in [-0.25, -0.2) is 0 Å². The molecule has 0 aliphatic rings. The Morgan fingerprint density at radius 1 is 1.38 bits per heavy atom. The van der Waals surface area contributed by atoms with E-state index in [9.17, 15) is 0 Å². The van der Waals surface area contributed by atoms with E-state index in [0.717, 1.165) is 11.1 Å². The number of hydrogen-bond donors (Lipinski definition) is 1. The monoisotopic (exact) mass is 179 g/mol. The second kappa shape index (κ2) is 4.60. The van der Waals surface area contributed by atoms with Gasteiger partial charge in [0.2, 0.25) is 0 Å². The molecular formula is C10H17N3. The molecule has 0 aromatic rings. The molecule has 0 aliphatic carbocycles. The minimum absolute atomic E-state index is 0.0162. The molecule has 0 radical (unpaired) electrons. The number of aliphatic imine (C=N–C) groups is 1. The normalized spacial score (nSPS) is 13.3.